The SMILES string of the molecule is C[C@@H]1CC[S+](C)[C@@H]1C. The minimum atomic E-state index is 0.752. The normalized spacial score (nSPS) is 47.6. The molecule has 1 heteroatoms. The van der Waals surface area contributed by atoms with E-state index in [0.717, 1.165) is 22.1 Å². The van der Waals surface area contributed by atoms with Crippen molar-refractivity contribution in [3.63, 3.8) is 0 Å². The van der Waals surface area contributed by atoms with Crippen LogP contribution in [0.15, 0.2) is 0 Å². The summed E-state index contributed by atoms with van der Waals surface area (Å²) in [7, 11) is 0.752. The molecular weight excluding hydrogens is 116 g/mol. The molecule has 1 unspecified atom stereocenters. The monoisotopic (exact) mass is 131 g/mol. The molecule has 1 aliphatic rings. The molecule has 0 radical (unpaired) electrons. The molecule has 8 heavy (non-hydrogen) atoms. The predicted molar refractivity (Wildman–Crippen MR) is 41.4 cm³/mol. The van der Waals surface area contributed by atoms with Gasteiger partial charge in [0.1, 0.15) is 11.0 Å². The van der Waals surface area contributed by atoms with Gasteiger partial charge in [0, 0.05) is 5.92 Å². The molecule has 3 atom stereocenters. The zero-order chi connectivity index (χ0) is 6.15. The van der Waals surface area contributed by atoms with E-state index < -0.39 is 0 Å². The van der Waals surface area contributed by atoms with Crippen LogP contribution in [0.4, 0.5) is 0 Å². The lowest BCUT2D eigenvalue weighted by atomic mass is 10.1. The van der Waals surface area contributed by atoms with Crippen molar-refractivity contribution in [2.45, 2.75) is 25.5 Å². The minimum absolute atomic E-state index is 0.752. The fourth-order valence-electron chi connectivity index (χ4n) is 1.19. The van der Waals surface area contributed by atoms with Crippen molar-refractivity contribution in [2.75, 3.05) is 12.0 Å². The molecule has 1 saturated heterocycles. The molecule has 0 nitrogen and oxygen atoms in total. The molecule has 0 amide bonds. The Hall–Kier alpha value is 0.350. The van der Waals surface area contributed by atoms with Gasteiger partial charge in [-0.25, -0.2) is 0 Å². The van der Waals surface area contributed by atoms with E-state index in [4.69, 9.17) is 0 Å². The molecule has 1 heterocycles. The van der Waals surface area contributed by atoms with Crippen LogP contribution in [0.5, 0.6) is 0 Å². The topological polar surface area (TPSA) is 0 Å². The van der Waals surface area contributed by atoms with Crippen LogP contribution in [0.2, 0.25) is 0 Å². The molecule has 0 spiro atoms. The summed E-state index contributed by atoms with van der Waals surface area (Å²) in [4.78, 5) is 0. The van der Waals surface area contributed by atoms with Gasteiger partial charge in [-0.15, -0.1) is 0 Å². The van der Waals surface area contributed by atoms with Gasteiger partial charge in [0.15, 0.2) is 0 Å². The van der Waals surface area contributed by atoms with E-state index in [1.54, 1.807) is 0 Å². The summed E-state index contributed by atoms with van der Waals surface area (Å²) in [5, 5.41) is 1.01. The molecule has 0 N–H and O–H groups in total. The maximum atomic E-state index is 2.40. The third-order valence-electron chi connectivity index (χ3n) is 2.33. The van der Waals surface area contributed by atoms with E-state index in [-0.39, 0.29) is 0 Å². The first-order chi connectivity index (χ1) is 3.72. The Labute approximate surface area is 55.0 Å². The van der Waals surface area contributed by atoms with Crippen molar-refractivity contribution in [3.05, 3.63) is 0 Å². The fourth-order valence-corrected chi connectivity index (χ4v) is 3.23. The summed E-state index contributed by atoms with van der Waals surface area (Å²) in [6.45, 7) is 4.77. The summed E-state index contributed by atoms with van der Waals surface area (Å²) in [5.41, 5.74) is 0. The standard InChI is InChI=1S/C7H15S/c1-6-4-5-8(3)7(6)2/h6-7H,4-5H2,1-3H3/q+1/t6-,7-,8?/m1/s1. The third kappa shape index (κ3) is 1.02. The van der Waals surface area contributed by atoms with Gasteiger partial charge in [0.05, 0.1) is 6.26 Å². The third-order valence-corrected chi connectivity index (χ3v) is 4.94. The van der Waals surface area contributed by atoms with E-state index in [1.807, 2.05) is 0 Å². The predicted octanol–water partition coefficient (Wildman–Crippen LogP) is 1.66. The van der Waals surface area contributed by atoms with Gasteiger partial charge < -0.3 is 0 Å². The van der Waals surface area contributed by atoms with Gasteiger partial charge in [-0.2, -0.15) is 0 Å². The van der Waals surface area contributed by atoms with Crippen molar-refractivity contribution < 1.29 is 0 Å². The Kier molecular flexibility index (Phi) is 1.86. The second-order valence-electron chi connectivity index (χ2n) is 2.87. The lowest BCUT2D eigenvalue weighted by Crippen LogP contribution is -2.14. The zero-order valence-corrected chi connectivity index (χ0v) is 6.79. The summed E-state index contributed by atoms with van der Waals surface area (Å²) >= 11 is 0. The Morgan fingerprint density at radius 1 is 1.38 bits per heavy atom. The first-order valence-electron chi connectivity index (χ1n) is 3.33. The molecule has 0 aromatic carbocycles. The average Bonchev–Trinajstić information content (AvgIpc) is 1.98. The highest BCUT2D eigenvalue weighted by molar-refractivity contribution is 7.97. The Bertz CT molecular complexity index is 70.5. The average molecular weight is 131 g/mol. The molecule has 1 aliphatic heterocycles. The zero-order valence-electron chi connectivity index (χ0n) is 5.98. The van der Waals surface area contributed by atoms with E-state index in [0.29, 0.717) is 0 Å². The lowest BCUT2D eigenvalue weighted by molar-refractivity contribution is 0.589. The Morgan fingerprint density at radius 3 is 2.12 bits per heavy atom. The van der Waals surface area contributed by atoms with E-state index in [2.05, 4.69) is 20.1 Å². The molecule has 48 valence electrons. The van der Waals surface area contributed by atoms with E-state index in [1.165, 1.54) is 12.2 Å². The van der Waals surface area contributed by atoms with Crippen LogP contribution in [-0.2, 0) is 10.9 Å². The lowest BCUT2D eigenvalue weighted by Gasteiger charge is -2.03. The molecule has 0 aliphatic carbocycles. The van der Waals surface area contributed by atoms with Gasteiger partial charge in [-0.05, 0) is 24.2 Å². The number of rotatable bonds is 0. The van der Waals surface area contributed by atoms with Crippen molar-refractivity contribution in [1.82, 2.24) is 0 Å². The molecule has 1 fully saturated rings. The molecule has 1 rings (SSSR count). The summed E-state index contributed by atoms with van der Waals surface area (Å²) < 4.78 is 0. The summed E-state index contributed by atoms with van der Waals surface area (Å²) in [5.74, 6) is 2.49. The molecule has 0 saturated carbocycles. The summed E-state index contributed by atoms with van der Waals surface area (Å²) in [6.07, 6.45) is 3.87. The van der Waals surface area contributed by atoms with Crippen molar-refractivity contribution in [2.24, 2.45) is 5.92 Å². The first-order valence-corrected chi connectivity index (χ1v) is 5.19. The molecular formula is C7H15S+. The highest BCUT2D eigenvalue weighted by Crippen LogP contribution is 2.25. The molecule has 0 aromatic rings. The maximum absolute atomic E-state index is 2.40. The highest BCUT2D eigenvalue weighted by atomic mass is 32.2. The quantitative estimate of drug-likeness (QED) is 0.439. The Morgan fingerprint density at radius 2 is 2.00 bits per heavy atom. The summed E-state index contributed by atoms with van der Waals surface area (Å²) in [6, 6.07) is 0. The van der Waals surface area contributed by atoms with Crippen molar-refractivity contribution in [3.8, 4) is 0 Å². The van der Waals surface area contributed by atoms with Crippen LogP contribution in [0.3, 0.4) is 0 Å². The van der Waals surface area contributed by atoms with Crippen LogP contribution < -0.4 is 0 Å². The highest BCUT2D eigenvalue weighted by Gasteiger charge is 2.34. The van der Waals surface area contributed by atoms with E-state index in [9.17, 15) is 0 Å². The maximum Gasteiger partial charge on any atom is 0.117 e. The number of hydrogen-bond donors (Lipinski definition) is 0. The Balaban J connectivity index is 2.44. The van der Waals surface area contributed by atoms with Crippen LogP contribution in [-0.4, -0.2) is 17.3 Å². The first kappa shape index (κ1) is 6.47. The van der Waals surface area contributed by atoms with Gasteiger partial charge in [-0.1, -0.05) is 6.92 Å². The second kappa shape index (κ2) is 2.30. The molecule has 0 aromatic heterocycles. The van der Waals surface area contributed by atoms with Gasteiger partial charge in [0.25, 0.3) is 0 Å². The van der Waals surface area contributed by atoms with Crippen LogP contribution in [0.1, 0.15) is 20.3 Å². The van der Waals surface area contributed by atoms with Crippen molar-refractivity contribution >= 4 is 10.9 Å². The fraction of sp³-hybridized carbons (Fsp3) is 1.00. The van der Waals surface area contributed by atoms with Crippen LogP contribution >= 0.6 is 0 Å². The van der Waals surface area contributed by atoms with E-state index >= 15 is 0 Å². The smallest absolute Gasteiger partial charge is 0.0576 e. The number of hydrogen-bond acceptors (Lipinski definition) is 0. The van der Waals surface area contributed by atoms with Crippen molar-refractivity contribution in [1.29, 1.82) is 0 Å². The van der Waals surface area contributed by atoms with Gasteiger partial charge >= 0.3 is 0 Å². The van der Waals surface area contributed by atoms with Crippen LogP contribution in [0.25, 0.3) is 0 Å². The van der Waals surface area contributed by atoms with Gasteiger partial charge in [-0.3, -0.25) is 0 Å². The van der Waals surface area contributed by atoms with Crippen LogP contribution in [0, 0.1) is 5.92 Å². The molecule has 0 bridgehead atoms. The second-order valence-corrected chi connectivity index (χ2v) is 5.40. The minimum Gasteiger partial charge on any atom is -0.0576 e. The van der Waals surface area contributed by atoms with Gasteiger partial charge in [0.2, 0.25) is 0 Å². The largest absolute Gasteiger partial charge is 0.117 e.